The van der Waals surface area contributed by atoms with E-state index in [1.807, 2.05) is 43.1 Å². The van der Waals surface area contributed by atoms with E-state index in [4.69, 9.17) is 9.73 Å². The van der Waals surface area contributed by atoms with E-state index in [2.05, 4.69) is 27.5 Å². The van der Waals surface area contributed by atoms with Crippen molar-refractivity contribution < 1.29 is 9.53 Å². The third kappa shape index (κ3) is 6.88. The van der Waals surface area contributed by atoms with Gasteiger partial charge in [0.15, 0.2) is 5.96 Å². The van der Waals surface area contributed by atoms with Crippen LogP contribution in [-0.2, 0) is 22.6 Å². The van der Waals surface area contributed by atoms with Crippen molar-refractivity contribution in [2.75, 3.05) is 32.1 Å². The van der Waals surface area contributed by atoms with Gasteiger partial charge < -0.3 is 19.9 Å². The average molecular weight is 558 g/mol. The van der Waals surface area contributed by atoms with Crippen LogP contribution in [0.5, 0.6) is 0 Å². The van der Waals surface area contributed by atoms with Gasteiger partial charge in [0.1, 0.15) is 11.1 Å². The van der Waals surface area contributed by atoms with Crippen molar-refractivity contribution >= 4 is 52.9 Å². The number of guanidine groups is 1. The van der Waals surface area contributed by atoms with Crippen LogP contribution >= 0.6 is 35.3 Å². The summed E-state index contributed by atoms with van der Waals surface area (Å²) in [6.45, 7) is 6.92. The SMILES string of the molecule is CCNC(=NCc1ccc(N2CCCC2=O)cc1)N(C)Cc1csc(C(C)OC)n1.I. The van der Waals surface area contributed by atoms with E-state index in [0.717, 1.165) is 47.4 Å². The number of aromatic nitrogens is 1. The molecule has 0 saturated carbocycles. The Kier molecular flexibility index (Phi) is 10.2. The Labute approximate surface area is 205 Å². The molecule has 1 aliphatic heterocycles. The molecule has 7 nitrogen and oxygen atoms in total. The number of thiazole rings is 1. The minimum absolute atomic E-state index is 0. The largest absolute Gasteiger partial charge is 0.375 e. The number of methoxy groups -OCH3 is 1. The Bertz CT molecular complexity index is 871. The van der Waals surface area contributed by atoms with Gasteiger partial charge in [-0.15, -0.1) is 35.3 Å². The molecule has 1 aliphatic rings. The normalized spacial score (nSPS) is 15.0. The zero-order chi connectivity index (χ0) is 21.5. The number of aliphatic imine (C=N–C) groups is 1. The zero-order valence-electron chi connectivity index (χ0n) is 18.6. The van der Waals surface area contributed by atoms with Crippen LogP contribution in [0.15, 0.2) is 34.6 Å². The summed E-state index contributed by atoms with van der Waals surface area (Å²) in [5, 5.41) is 6.41. The molecule has 1 aromatic heterocycles. The highest BCUT2D eigenvalue weighted by molar-refractivity contribution is 14.0. The Hall–Kier alpha value is -1.72. The van der Waals surface area contributed by atoms with Gasteiger partial charge in [-0.1, -0.05) is 12.1 Å². The van der Waals surface area contributed by atoms with Gasteiger partial charge in [0, 0.05) is 44.7 Å². The lowest BCUT2D eigenvalue weighted by Crippen LogP contribution is -2.38. The van der Waals surface area contributed by atoms with Crippen LogP contribution in [0.1, 0.15) is 49.1 Å². The average Bonchev–Trinajstić information content (AvgIpc) is 3.40. The molecule has 0 spiro atoms. The molecule has 1 fully saturated rings. The Balaban J connectivity index is 0.00000341. The molecule has 1 atom stereocenters. The summed E-state index contributed by atoms with van der Waals surface area (Å²) in [7, 11) is 3.71. The third-order valence-corrected chi connectivity index (χ3v) is 6.15. The first-order valence-electron chi connectivity index (χ1n) is 10.4. The fraction of sp³-hybridized carbons (Fsp3) is 0.500. The van der Waals surface area contributed by atoms with Crippen LogP contribution in [0.3, 0.4) is 0 Å². The first-order chi connectivity index (χ1) is 14.5. The highest BCUT2D eigenvalue weighted by Gasteiger charge is 2.21. The molecule has 2 heterocycles. The lowest BCUT2D eigenvalue weighted by molar-refractivity contribution is -0.117. The summed E-state index contributed by atoms with van der Waals surface area (Å²) in [4.78, 5) is 25.3. The fourth-order valence-electron chi connectivity index (χ4n) is 3.34. The Morgan fingerprint density at radius 2 is 2.13 bits per heavy atom. The van der Waals surface area contributed by atoms with E-state index in [-0.39, 0.29) is 36.0 Å². The summed E-state index contributed by atoms with van der Waals surface area (Å²) < 4.78 is 5.35. The number of halogens is 1. The van der Waals surface area contributed by atoms with Crippen molar-refractivity contribution in [1.82, 2.24) is 15.2 Å². The maximum atomic E-state index is 11.9. The molecule has 3 rings (SSSR count). The van der Waals surface area contributed by atoms with Crippen LogP contribution < -0.4 is 10.2 Å². The van der Waals surface area contributed by atoms with Gasteiger partial charge in [-0.2, -0.15) is 0 Å². The van der Waals surface area contributed by atoms with Gasteiger partial charge in [-0.25, -0.2) is 9.98 Å². The molecule has 1 N–H and O–H groups in total. The molecule has 31 heavy (non-hydrogen) atoms. The second kappa shape index (κ2) is 12.4. The minimum atomic E-state index is 0. The molecular weight excluding hydrogens is 525 g/mol. The third-order valence-electron chi connectivity index (χ3n) is 5.10. The molecule has 2 aromatic rings. The number of anilines is 1. The molecule has 0 bridgehead atoms. The lowest BCUT2D eigenvalue weighted by Gasteiger charge is -2.21. The monoisotopic (exact) mass is 557 g/mol. The number of amides is 1. The number of nitrogens with zero attached hydrogens (tertiary/aromatic N) is 4. The van der Waals surface area contributed by atoms with Crippen LogP contribution in [0.4, 0.5) is 5.69 Å². The van der Waals surface area contributed by atoms with E-state index in [1.54, 1.807) is 18.4 Å². The van der Waals surface area contributed by atoms with E-state index >= 15 is 0 Å². The van der Waals surface area contributed by atoms with E-state index in [1.165, 1.54) is 0 Å². The van der Waals surface area contributed by atoms with Gasteiger partial charge in [0.25, 0.3) is 0 Å². The van der Waals surface area contributed by atoms with Crippen LogP contribution in [0.25, 0.3) is 0 Å². The second-order valence-corrected chi connectivity index (χ2v) is 8.29. The first kappa shape index (κ1) is 25.5. The van der Waals surface area contributed by atoms with E-state index in [0.29, 0.717) is 19.5 Å². The quantitative estimate of drug-likeness (QED) is 0.300. The molecule has 1 aromatic carbocycles. The van der Waals surface area contributed by atoms with Gasteiger partial charge >= 0.3 is 0 Å². The predicted molar refractivity (Wildman–Crippen MR) is 137 cm³/mol. The Morgan fingerprint density at radius 3 is 2.74 bits per heavy atom. The maximum Gasteiger partial charge on any atom is 0.227 e. The molecule has 170 valence electrons. The molecule has 9 heteroatoms. The number of nitrogens with one attached hydrogen (secondary N) is 1. The van der Waals surface area contributed by atoms with Crippen molar-refractivity contribution in [2.24, 2.45) is 4.99 Å². The molecule has 1 amide bonds. The molecule has 1 unspecified atom stereocenters. The second-order valence-electron chi connectivity index (χ2n) is 7.40. The van der Waals surface area contributed by atoms with Crippen molar-refractivity contribution in [3.05, 3.63) is 45.9 Å². The van der Waals surface area contributed by atoms with Crippen LogP contribution in [-0.4, -0.2) is 49.0 Å². The van der Waals surface area contributed by atoms with Crippen molar-refractivity contribution in [3.63, 3.8) is 0 Å². The molecule has 0 aliphatic carbocycles. The number of rotatable bonds is 8. The standard InChI is InChI=1S/C22H31N5O2S.HI/c1-5-23-22(26(3)14-18-15-30-21(25-18)16(2)29-4)24-13-17-8-10-19(11-9-17)27-12-6-7-20(27)28;/h8-11,15-16H,5-7,12-14H2,1-4H3,(H,23,24);1H. The number of hydrogen-bond acceptors (Lipinski definition) is 5. The lowest BCUT2D eigenvalue weighted by atomic mass is 10.2. The molecule has 1 saturated heterocycles. The highest BCUT2D eigenvalue weighted by atomic mass is 127. The first-order valence-corrected chi connectivity index (χ1v) is 11.3. The Morgan fingerprint density at radius 1 is 1.39 bits per heavy atom. The number of benzene rings is 1. The van der Waals surface area contributed by atoms with E-state index in [9.17, 15) is 4.79 Å². The summed E-state index contributed by atoms with van der Waals surface area (Å²) in [5.74, 6) is 1.05. The summed E-state index contributed by atoms with van der Waals surface area (Å²) in [6, 6.07) is 8.12. The number of carbonyl (C=O) groups is 1. The summed E-state index contributed by atoms with van der Waals surface area (Å²) in [5.41, 5.74) is 3.09. The van der Waals surface area contributed by atoms with Gasteiger partial charge in [0.05, 0.1) is 18.8 Å². The fourth-order valence-corrected chi connectivity index (χ4v) is 4.18. The number of ether oxygens (including phenoxy) is 1. The molecule has 0 radical (unpaired) electrons. The van der Waals surface area contributed by atoms with Crippen molar-refractivity contribution in [1.29, 1.82) is 0 Å². The van der Waals surface area contributed by atoms with Crippen molar-refractivity contribution in [3.8, 4) is 0 Å². The minimum Gasteiger partial charge on any atom is -0.375 e. The topological polar surface area (TPSA) is 70.1 Å². The number of hydrogen-bond donors (Lipinski definition) is 1. The maximum absolute atomic E-state index is 11.9. The summed E-state index contributed by atoms with van der Waals surface area (Å²) in [6.07, 6.45) is 1.60. The molecular formula is C22H32IN5O2S. The van der Waals surface area contributed by atoms with E-state index < -0.39 is 0 Å². The smallest absolute Gasteiger partial charge is 0.227 e. The van der Waals surface area contributed by atoms with Gasteiger partial charge in [0.2, 0.25) is 5.91 Å². The van der Waals surface area contributed by atoms with Crippen LogP contribution in [0.2, 0.25) is 0 Å². The van der Waals surface area contributed by atoms with Gasteiger partial charge in [-0.3, -0.25) is 4.79 Å². The predicted octanol–water partition coefficient (Wildman–Crippen LogP) is 4.19. The number of carbonyl (C=O) groups excluding carboxylic acids is 1. The summed E-state index contributed by atoms with van der Waals surface area (Å²) >= 11 is 1.62. The van der Waals surface area contributed by atoms with Gasteiger partial charge in [-0.05, 0) is 38.0 Å². The van der Waals surface area contributed by atoms with Crippen molar-refractivity contribution in [2.45, 2.75) is 45.9 Å². The highest BCUT2D eigenvalue weighted by Crippen LogP contribution is 2.22. The van der Waals surface area contributed by atoms with Crippen LogP contribution in [0, 0.1) is 0 Å². The zero-order valence-corrected chi connectivity index (χ0v) is 21.8.